The van der Waals surface area contributed by atoms with Crippen LogP contribution >= 0.6 is 0 Å². The van der Waals surface area contributed by atoms with Gasteiger partial charge in [0.1, 0.15) is 5.69 Å². The summed E-state index contributed by atoms with van der Waals surface area (Å²) in [7, 11) is 0. The second kappa shape index (κ2) is 4.61. The maximum absolute atomic E-state index is 11.8. The molecule has 1 heterocycles. The van der Waals surface area contributed by atoms with E-state index in [0.717, 1.165) is 0 Å². The molecule has 2 rings (SSSR count). The minimum atomic E-state index is -0.556. The number of nitro benzene ring substituents is 1. The zero-order valence-electron chi connectivity index (χ0n) is 9.70. The van der Waals surface area contributed by atoms with Crippen LogP contribution in [0, 0.1) is 16.0 Å². The Kier molecular flexibility index (Phi) is 3.15. The van der Waals surface area contributed by atoms with Crippen LogP contribution in [-0.2, 0) is 4.79 Å². The van der Waals surface area contributed by atoms with Gasteiger partial charge >= 0.3 is 0 Å². The summed E-state index contributed by atoms with van der Waals surface area (Å²) in [5, 5.41) is 10.8. The average Bonchev–Trinajstić information content (AvgIpc) is 2.71. The van der Waals surface area contributed by atoms with Gasteiger partial charge in [-0.25, -0.2) is 0 Å². The number of carbonyl (C=O) groups excluding carboxylic acids is 1. The number of amides is 1. The van der Waals surface area contributed by atoms with Gasteiger partial charge in [-0.15, -0.1) is 0 Å². The molecule has 7 heteroatoms. The Hall–Kier alpha value is -2.15. The normalized spacial score (nSPS) is 19.3. The second-order valence-electron chi connectivity index (χ2n) is 4.31. The molecule has 1 aromatic rings. The van der Waals surface area contributed by atoms with Crippen LogP contribution in [-0.4, -0.2) is 23.9 Å². The van der Waals surface area contributed by atoms with Crippen molar-refractivity contribution >= 4 is 23.0 Å². The van der Waals surface area contributed by atoms with Gasteiger partial charge in [-0.3, -0.25) is 14.9 Å². The molecule has 0 spiro atoms. The summed E-state index contributed by atoms with van der Waals surface area (Å²) >= 11 is 0. The van der Waals surface area contributed by atoms with Gasteiger partial charge in [0, 0.05) is 19.0 Å². The highest BCUT2D eigenvalue weighted by Crippen LogP contribution is 2.30. The molecule has 0 radical (unpaired) electrons. The summed E-state index contributed by atoms with van der Waals surface area (Å²) in [4.78, 5) is 23.5. The molecule has 1 fully saturated rings. The van der Waals surface area contributed by atoms with Crippen LogP contribution in [0.25, 0.3) is 0 Å². The smallest absolute Gasteiger partial charge is 0.294 e. The molecular formula is C11H14N4O3. The minimum absolute atomic E-state index is 0.0653. The molecule has 1 aliphatic rings. The largest absolute Gasteiger partial charge is 0.393 e. The lowest BCUT2D eigenvalue weighted by Crippen LogP contribution is -2.25. The van der Waals surface area contributed by atoms with E-state index >= 15 is 0 Å². The molecule has 18 heavy (non-hydrogen) atoms. The van der Waals surface area contributed by atoms with E-state index in [2.05, 4.69) is 0 Å². The van der Waals surface area contributed by atoms with E-state index in [1.165, 1.54) is 17.0 Å². The predicted molar refractivity (Wildman–Crippen MR) is 67.0 cm³/mol. The van der Waals surface area contributed by atoms with Crippen LogP contribution < -0.4 is 16.4 Å². The van der Waals surface area contributed by atoms with E-state index in [-0.39, 0.29) is 23.2 Å². The summed E-state index contributed by atoms with van der Waals surface area (Å²) in [6, 6.07) is 4.38. The van der Waals surface area contributed by atoms with Gasteiger partial charge in [0.15, 0.2) is 0 Å². The fourth-order valence-corrected chi connectivity index (χ4v) is 2.05. The zero-order valence-corrected chi connectivity index (χ0v) is 9.70. The maximum Gasteiger partial charge on any atom is 0.294 e. The van der Waals surface area contributed by atoms with Crippen molar-refractivity contribution in [2.24, 2.45) is 11.7 Å². The third kappa shape index (κ3) is 2.12. The lowest BCUT2D eigenvalue weighted by Gasteiger charge is -2.16. The number of nitrogen functional groups attached to an aromatic ring is 1. The summed E-state index contributed by atoms with van der Waals surface area (Å²) in [6.45, 7) is 0.926. The molecule has 4 N–H and O–H groups in total. The van der Waals surface area contributed by atoms with Crippen LogP contribution in [0.15, 0.2) is 18.2 Å². The molecule has 1 unspecified atom stereocenters. The number of hydrogen-bond donors (Lipinski definition) is 2. The van der Waals surface area contributed by atoms with Crippen molar-refractivity contribution in [3.8, 4) is 0 Å². The van der Waals surface area contributed by atoms with E-state index in [1.54, 1.807) is 6.07 Å². The van der Waals surface area contributed by atoms with Gasteiger partial charge in [0.25, 0.3) is 5.69 Å². The summed E-state index contributed by atoms with van der Waals surface area (Å²) in [5.74, 6) is 0.0404. The molecule has 1 amide bonds. The zero-order chi connectivity index (χ0) is 13.3. The monoisotopic (exact) mass is 250 g/mol. The number of rotatable bonds is 3. The molecule has 7 nitrogen and oxygen atoms in total. The lowest BCUT2D eigenvalue weighted by atomic mass is 10.1. The molecular weight excluding hydrogens is 236 g/mol. The summed E-state index contributed by atoms with van der Waals surface area (Å²) in [5.41, 5.74) is 11.4. The van der Waals surface area contributed by atoms with Crippen molar-refractivity contribution < 1.29 is 9.72 Å². The first-order valence-electron chi connectivity index (χ1n) is 5.57. The van der Waals surface area contributed by atoms with Crippen molar-refractivity contribution in [2.75, 3.05) is 23.7 Å². The minimum Gasteiger partial charge on any atom is -0.393 e. The fraction of sp³-hybridized carbons (Fsp3) is 0.364. The van der Waals surface area contributed by atoms with Crippen molar-refractivity contribution in [3.63, 3.8) is 0 Å². The highest BCUT2D eigenvalue weighted by Gasteiger charge is 2.30. The Labute approximate surface area is 104 Å². The predicted octanol–water partition coefficient (Wildman–Crippen LogP) is 0.489. The van der Waals surface area contributed by atoms with Crippen molar-refractivity contribution in [3.05, 3.63) is 28.3 Å². The van der Waals surface area contributed by atoms with Crippen LogP contribution in [0.3, 0.4) is 0 Å². The van der Waals surface area contributed by atoms with Gasteiger partial charge in [-0.1, -0.05) is 0 Å². The summed E-state index contributed by atoms with van der Waals surface area (Å²) in [6.07, 6.45) is 0.384. The second-order valence-corrected chi connectivity index (χ2v) is 4.31. The Morgan fingerprint density at radius 3 is 2.78 bits per heavy atom. The third-order valence-electron chi connectivity index (χ3n) is 3.06. The van der Waals surface area contributed by atoms with Crippen LogP contribution in [0.5, 0.6) is 0 Å². The van der Waals surface area contributed by atoms with E-state index in [9.17, 15) is 14.9 Å². The van der Waals surface area contributed by atoms with Gasteiger partial charge in [0.05, 0.1) is 10.6 Å². The van der Waals surface area contributed by atoms with Crippen molar-refractivity contribution in [2.45, 2.75) is 6.42 Å². The van der Waals surface area contributed by atoms with Crippen LogP contribution in [0.1, 0.15) is 6.42 Å². The molecule has 0 aromatic heterocycles. The molecule has 96 valence electrons. The summed E-state index contributed by atoms with van der Waals surface area (Å²) < 4.78 is 0. The molecule has 0 saturated carbocycles. The number of nitrogens with zero attached hydrogens (tertiary/aromatic N) is 2. The van der Waals surface area contributed by atoms with Crippen LogP contribution in [0.2, 0.25) is 0 Å². The Morgan fingerprint density at radius 1 is 1.50 bits per heavy atom. The standard InChI is InChI=1S/C11H14N4O3/c12-5-7-3-11(16)14(6-7)8-1-2-9(13)10(4-8)15(17)18/h1-2,4,7H,3,5-6,12-13H2. The lowest BCUT2D eigenvalue weighted by molar-refractivity contribution is -0.383. The highest BCUT2D eigenvalue weighted by atomic mass is 16.6. The third-order valence-corrected chi connectivity index (χ3v) is 3.06. The first kappa shape index (κ1) is 12.3. The number of anilines is 2. The molecule has 0 bridgehead atoms. The van der Waals surface area contributed by atoms with Crippen molar-refractivity contribution in [1.29, 1.82) is 0 Å². The average molecular weight is 250 g/mol. The number of hydrogen-bond acceptors (Lipinski definition) is 5. The number of nitrogens with two attached hydrogens (primary N) is 2. The Bertz CT molecular complexity index is 503. The molecule has 1 atom stereocenters. The van der Waals surface area contributed by atoms with Crippen molar-refractivity contribution in [1.82, 2.24) is 0 Å². The Morgan fingerprint density at radius 2 is 2.22 bits per heavy atom. The van der Waals surface area contributed by atoms with Gasteiger partial charge in [0.2, 0.25) is 5.91 Å². The van der Waals surface area contributed by atoms with Crippen LogP contribution in [0.4, 0.5) is 17.1 Å². The highest BCUT2D eigenvalue weighted by molar-refractivity contribution is 5.96. The number of carbonyl (C=O) groups is 1. The van der Waals surface area contributed by atoms with Gasteiger partial charge < -0.3 is 16.4 Å². The molecule has 1 aromatic carbocycles. The topological polar surface area (TPSA) is 115 Å². The Balaban J connectivity index is 2.32. The fourth-order valence-electron chi connectivity index (χ4n) is 2.05. The van der Waals surface area contributed by atoms with Gasteiger partial charge in [-0.2, -0.15) is 0 Å². The molecule has 1 saturated heterocycles. The van der Waals surface area contributed by atoms with E-state index in [1.807, 2.05) is 0 Å². The quantitative estimate of drug-likeness (QED) is 0.460. The van der Waals surface area contributed by atoms with E-state index in [4.69, 9.17) is 11.5 Å². The van der Waals surface area contributed by atoms with Gasteiger partial charge in [-0.05, 0) is 24.6 Å². The maximum atomic E-state index is 11.8. The molecule has 0 aliphatic carbocycles. The first-order valence-corrected chi connectivity index (χ1v) is 5.57. The number of nitro groups is 1. The van der Waals surface area contributed by atoms with E-state index < -0.39 is 4.92 Å². The number of benzene rings is 1. The SMILES string of the molecule is NCC1CC(=O)N(c2ccc(N)c([N+](=O)[O-])c2)C1. The van der Waals surface area contributed by atoms with E-state index in [0.29, 0.717) is 25.2 Å². The molecule has 1 aliphatic heterocycles. The first-order chi connectivity index (χ1) is 8.52.